The number of para-hydroxylation sites is 1. The van der Waals surface area contributed by atoms with Crippen molar-refractivity contribution in [2.75, 3.05) is 4.90 Å². The molecule has 0 amide bonds. The van der Waals surface area contributed by atoms with Gasteiger partial charge in [0.15, 0.2) is 0 Å². The number of rotatable bonds is 6. The van der Waals surface area contributed by atoms with Crippen molar-refractivity contribution in [3.8, 4) is 6.07 Å². The van der Waals surface area contributed by atoms with Gasteiger partial charge in [0.25, 0.3) is 0 Å². The summed E-state index contributed by atoms with van der Waals surface area (Å²) in [7, 11) is 1.69. The van der Waals surface area contributed by atoms with Crippen LogP contribution in [0.5, 0.6) is 0 Å². The normalized spacial score (nSPS) is 15.8. The van der Waals surface area contributed by atoms with E-state index >= 15 is 0 Å². The van der Waals surface area contributed by atoms with Gasteiger partial charge < -0.3 is 14.7 Å². The van der Waals surface area contributed by atoms with E-state index in [-0.39, 0.29) is 6.04 Å². The summed E-state index contributed by atoms with van der Waals surface area (Å²) in [5.74, 6) is 0. The number of nitrogens with zero attached hydrogens (tertiary/aromatic N) is 2. The van der Waals surface area contributed by atoms with Gasteiger partial charge in [-0.3, -0.25) is 0 Å². The number of benzene rings is 3. The van der Waals surface area contributed by atoms with E-state index in [1.165, 1.54) is 0 Å². The van der Waals surface area contributed by atoms with Crippen LogP contribution in [-0.4, -0.2) is 23.8 Å². The van der Waals surface area contributed by atoms with Crippen molar-refractivity contribution in [1.29, 1.82) is 5.26 Å². The molecule has 0 aromatic heterocycles. The zero-order chi connectivity index (χ0) is 23.8. The Balaban J connectivity index is 1.64. The first-order valence-electron chi connectivity index (χ1n) is 11.0. The maximum Gasteiger partial charge on any atom is 0.330 e. The summed E-state index contributed by atoms with van der Waals surface area (Å²) < 4.78 is 5.90. The van der Waals surface area contributed by atoms with Crippen LogP contribution in [0, 0.1) is 11.3 Å². The molecule has 1 radical (unpaired) electrons. The van der Waals surface area contributed by atoms with Crippen molar-refractivity contribution < 1.29 is 9.76 Å². The number of nitriles is 1. The molecular weight excluding hydrogens is 407 g/mol. The Labute approximate surface area is 197 Å². The lowest BCUT2D eigenvalue weighted by atomic mass is 9.82. The fraction of sp³-hybridized carbons (Fsp3) is 0.250. The number of fused-ring (bicyclic) bond motifs is 1. The molecule has 0 bridgehead atoms. The summed E-state index contributed by atoms with van der Waals surface area (Å²) >= 11 is 0. The van der Waals surface area contributed by atoms with Gasteiger partial charge in [0, 0.05) is 16.9 Å². The van der Waals surface area contributed by atoms with E-state index in [0.29, 0.717) is 5.56 Å². The minimum absolute atomic E-state index is 0.0573. The van der Waals surface area contributed by atoms with E-state index in [0.717, 1.165) is 33.5 Å². The third-order valence-corrected chi connectivity index (χ3v) is 6.59. The van der Waals surface area contributed by atoms with Gasteiger partial charge in [-0.2, -0.15) is 5.26 Å². The van der Waals surface area contributed by atoms with Crippen LogP contribution in [0.25, 0.3) is 5.57 Å². The highest BCUT2D eigenvalue weighted by molar-refractivity contribution is 6.47. The average molecular weight is 435 g/mol. The van der Waals surface area contributed by atoms with Gasteiger partial charge in [-0.05, 0) is 69.2 Å². The van der Waals surface area contributed by atoms with Crippen LogP contribution < -0.4 is 10.4 Å². The van der Waals surface area contributed by atoms with Gasteiger partial charge >= 0.3 is 7.48 Å². The quantitative estimate of drug-likeness (QED) is 0.536. The van der Waals surface area contributed by atoms with Crippen molar-refractivity contribution >= 4 is 29.9 Å². The highest BCUT2D eigenvalue weighted by Gasteiger charge is 2.36. The van der Waals surface area contributed by atoms with Crippen LogP contribution in [0.15, 0.2) is 79.4 Å². The Morgan fingerprint density at radius 3 is 2.21 bits per heavy atom. The van der Waals surface area contributed by atoms with Crippen LogP contribution >= 0.6 is 0 Å². The molecule has 165 valence electrons. The van der Waals surface area contributed by atoms with Gasteiger partial charge in [-0.1, -0.05) is 54.5 Å². The van der Waals surface area contributed by atoms with Gasteiger partial charge in [-0.15, -0.1) is 0 Å². The molecular formula is C28H28BN2O2. The molecule has 33 heavy (non-hydrogen) atoms. The Morgan fingerprint density at radius 2 is 1.61 bits per heavy atom. The third kappa shape index (κ3) is 4.33. The second kappa shape index (κ2) is 8.55. The predicted molar refractivity (Wildman–Crippen MR) is 135 cm³/mol. The molecule has 4 nitrogen and oxygen atoms in total. The molecule has 3 aromatic rings. The lowest BCUT2D eigenvalue weighted by Gasteiger charge is -2.37. The minimum atomic E-state index is -0.974. The Morgan fingerprint density at radius 1 is 0.970 bits per heavy atom. The van der Waals surface area contributed by atoms with Gasteiger partial charge in [0.1, 0.15) is 0 Å². The van der Waals surface area contributed by atoms with Crippen molar-refractivity contribution in [2.24, 2.45) is 0 Å². The molecule has 0 saturated heterocycles. The van der Waals surface area contributed by atoms with E-state index in [1.54, 1.807) is 21.3 Å². The van der Waals surface area contributed by atoms with Crippen LogP contribution in [0.1, 0.15) is 50.4 Å². The molecule has 1 atom stereocenters. The van der Waals surface area contributed by atoms with Crippen molar-refractivity contribution in [3.05, 3.63) is 96.1 Å². The standard InChI is InChI=1S/C28H28BN2O2/c1-19-24-8-6-7-9-25(24)31(23-16-10-20(18-30)11-17-23)26(19)21-12-14-22(15-13-21)29-33-28(4,5)27(2,3)32/h6-17,26,32H,1H2,2-5H3. The Hall–Kier alpha value is -3.33. The highest BCUT2D eigenvalue weighted by atomic mass is 16.5. The van der Waals surface area contributed by atoms with Gasteiger partial charge in [0.2, 0.25) is 0 Å². The number of hydrogen-bond acceptors (Lipinski definition) is 4. The topological polar surface area (TPSA) is 56.5 Å². The lowest BCUT2D eigenvalue weighted by Crippen LogP contribution is -2.49. The molecule has 4 rings (SSSR count). The molecule has 0 aliphatic carbocycles. The smallest absolute Gasteiger partial charge is 0.330 e. The summed E-state index contributed by atoms with van der Waals surface area (Å²) in [6.45, 7) is 11.6. The first kappa shape index (κ1) is 22.9. The molecule has 3 aromatic carbocycles. The van der Waals surface area contributed by atoms with Gasteiger partial charge in [0.05, 0.1) is 28.9 Å². The molecule has 1 aliphatic heterocycles. The van der Waals surface area contributed by atoms with Crippen molar-refractivity contribution in [3.63, 3.8) is 0 Å². The first-order chi connectivity index (χ1) is 15.6. The summed E-state index contributed by atoms with van der Waals surface area (Å²) in [5, 5.41) is 19.5. The fourth-order valence-corrected chi connectivity index (χ4v) is 3.85. The van der Waals surface area contributed by atoms with E-state index in [2.05, 4.69) is 41.8 Å². The highest BCUT2D eigenvalue weighted by Crippen LogP contribution is 2.51. The second-order valence-corrected chi connectivity index (χ2v) is 9.45. The van der Waals surface area contributed by atoms with Crippen LogP contribution in [0.4, 0.5) is 11.4 Å². The number of anilines is 2. The summed E-state index contributed by atoms with van der Waals surface area (Å²) in [6.07, 6.45) is 0. The maximum atomic E-state index is 10.3. The van der Waals surface area contributed by atoms with E-state index < -0.39 is 11.2 Å². The lowest BCUT2D eigenvalue weighted by molar-refractivity contribution is -0.0893. The van der Waals surface area contributed by atoms with E-state index in [9.17, 15) is 10.4 Å². The minimum Gasteiger partial charge on any atom is -0.427 e. The molecule has 0 fully saturated rings. The summed E-state index contributed by atoms with van der Waals surface area (Å²) in [4.78, 5) is 2.27. The fourth-order valence-electron chi connectivity index (χ4n) is 3.85. The average Bonchev–Trinajstić information content (AvgIpc) is 3.10. The van der Waals surface area contributed by atoms with E-state index in [1.807, 2.05) is 62.4 Å². The molecule has 1 aliphatic rings. The molecule has 0 spiro atoms. The SMILES string of the molecule is C=C1c2ccccc2N(c2ccc(C#N)cc2)C1c1ccc([B]OC(C)(C)C(C)(C)O)cc1. The zero-order valence-electron chi connectivity index (χ0n) is 19.5. The van der Waals surface area contributed by atoms with E-state index in [4.69, 9.17) is 4.65 Å². The largest absolute Gasteiger partial charge is 0.427 e. The molecule has 0 saturated carbocycles. The Kier molecular flexibility index (Phi) is 5.92. The first-order valence-corrected chi connectivity index (χ1v) is 11.0. The summed E-state index contributed by atoms with van der Waals surface area (Å²) in [6, 6.07) is 26.3. The maximum absolute atomic E-state index is 10.3. The van der Waals surface area contributed by atoms with Crippen molar-refractivity contribution in [2.45, 2.75) is 44.9 Å². The second-order valence-electron chi connectivity index (χ2n) is 9.45. The Bertz CT molecular complexity index is 1200. The molecule has 1 unspecified atom stereocenters. The van der Waals surface area contributed by atoms with Crippen LogP contribution in [0.3, 0.4) is 0 Å². The number of hydrogen-bond donors (Lipinski definition) is 1. The van der Waals surface area contributed by atoms with Crippen LogP contribution in [0.2, 0.25) is 0 Å². The molecule has 1 heterocycles. The predicted octanol–water partition coefficient (Wildman–Crippen LogP) is 5.28. The zero-order valence-corrected chi connectivity index (χ0v) is 19.5. The van der Waals surface area contributed by atoms with Crippen molar-refractivity contribution in [1.82, 2.24) is 0 Å². The summed E-state index contributed by atoms with van der Waals surface area (Å²) in [5.41, 5.74) is 5.23. The molecule has 5 heteroatoms. The third-order valence-electron chi connectivity index (χ3n) is 6.59. The van der Waals surface area contributed by atoms with Gasteiger partial charge in [-0.25, -0.2) is 0 Å². The van der Waals surface area contributed by atoms with Crippen LogP contribution in [-0.2, 0) is 4.65 Å². The molecule has 1 N–H and O–H groups in total. The monoisotopic (exact) mass is 435 g/mol. The number of aliphatic hydroxyl groups is 1.